The molecule has 1 N–H and O–H groups in total. The number of aromatic carboxylic acids is 1. The SMILES string of the molecule is N#Cc1ccccc1Cc1ccc(C(=O)O)c(OCc2cccc3ccccc23)c1. The van der Waals surface area contributed by atoms with Gasteiger partial charge in [0.05, 0.1) is 11.6 Å². The van der Waals surface area contributed by atoms with E-state index in [0.717, 1.165) is 27.5 Å². The maximum Gasteiger partial charge on any atom is 0.339 e. The van der Waals surface area contributed by atoms with Gasteiger partial charge < -0.3 is 9.84 Å². The van der Waals surface area contributed by atoms with Crippen LogP contribution in [0, 0.1) is 11.3 Å². The molecule has 0 saturated heterocycles. The lowest BCUT2D eigenvalue weighted by molar-refractivity contribution is 0.0691. The van der Waals surface area contributed by atoms with Gasteiger partial charge in [0.2, 0.25) is 0 Å². The van der Waals surface area contributed by atoms with Gasteiger partial charge in [0.25, 0.3) is 0 Å². The molecule has 4 aromatic carbocycles. The van der Waals surface area contributed by atoms with Crippen LogP contribution in [0.4, 0.5) is 0 Å². The second-order valence-electron chi connectivity index (χ2n) is 7.01. The van der Waals surface area contributed by atoms with Crippen LogP contribution in [-0.4, -0.2) is 11.1 Å². The minimum Gasteiger partial charge on any atom is -0.488 e. The molecule has 4 heteroatoms. The zero-order valence-corrected chi connectivity index (χ0v) is 16.2. The first-order valence-corrected chi connectivity index (χ1v) is 9.59. The summed E-state index contributed by atoms with van der Waals surface area (Å²) in [6, 6.07) is 28.7. The number of carboxylic acids is 1. The molecule has 0 aliphatic rings. The normalized spacial score (nSPS) is 10.5. The molecular formula is C26H19NO3. The van der Waals surface area contributed by atoms with E-state index in [1.807, 2.05) is 60.7 Å². The van der Waals surface area contributed by atoms with E-state index in [2.05, 4.69) is 6.07 Å². The van der Waals surface area contributed by atoms with Crippen molar-refractivity contribution in [1.29, 1.82) is 5.26 Å². The largest absolute Gasteiger partial charge is 0.488 e. The van der Waals surface area contributed by atoms with Gasteiger partial charge in [0, 0.05) is 0 Å². The molecule has 0 aromatic heterocycles. The number of carboxylic acid groups (broad SMARTS) is 1. The number of carbonyl (C=O) groups is 1. The predicted octanol–water partition coefficient (Wildman–Crippen LogP) is 5.58. The molecular weight excluding hydrogens is 374 g/mol. The molecule has 4 aromatic rings. The molecule has 0 bridgehead atoms. The molecule has 0 amide bonds. The molecule has 0 heterocycles. The Morgan fingerprint density at radius 1 is 0.900 bits per heavy atom. The van der Waals surface area contributed by atoms with Crippen molar-refractivity contribution in [1.82, 2.24) is 0 Å². The minimum atomic E-state index is -1.04. The van der Waals surface area contributed by atoms with Crippen LogP contribution in [0.25, 0.3) is 10.8 Å². The number of hydrogen-bond acceptors (Lipinski definition) is 3. The van der Waals surface area contributed by atoms with E-state index < -0.39 is 5.97 Å². The monoisotopic (exact) mass is 393 g/mol. The van der Waals surface area contributed by atoms with Gasteiger partial charge in [-0.1, -0.05) is 66.7 Å². The van der Waals surface area contributed by atoms with E-state index in [9.17, 15) is 15.2 Å². The Bertz CT molecular complexity index is 1270. The Morgan fingerprint density at radius 3 is 2.47 bits per heavy atom. The number of ether oxygens (including phenoxy) is 1. The molecule has 4 rings (SSSR count). The van der Waals surface area contributed by atoms with Crippen LogP contribution in [0.1, 0.15) is 32.6 Å². The fraction of sp³-hybridized carbons (Fsp3) is 0.0769. The molecule has 0 atom stereocenters. The first-order chi connectivity index (χ1) is 14.7. The molecule has 146 valence electrons. The third-order valence-corrected chi connectivity index (χ3v) is 5.07. The quantitative estimate of drug-likeness (QED) is 0.464. The number of nitriles is 1. The van der Waals surface area contributed by atoms with Crippen molar-refractivity contribution in [2.75, 3.05) is 0 Å². The number of fused-ring (bicyclic) bond motifs is 1. The van der Waals surface area contributed by atoms with E-state index >= 15 is 0 Å². The molecule has 30 heavy (non-hydrogen) atoms. The molecule has 0 saturated carbocycles. The van der Waals surface area contributed by atoms with Crippen LogP contribution in [-0.2, 0) is 13.0 Å². The van der Waals surface area contributed by atoms with Crippen LogP contribution in [0.15, 0.2) is 84.9 Å². The summed E-state index contributed by atoms with van der Waals surface area (Å²) in [6.45, 7) is 0.264. The second kappa shape index (κ2) is 8.50. The third-order valence-electron chi connectivity index (χ3n) is 5.07. The highest BCUT2D eigenvalue weighted by Gasteiger charge is 2.14. The smallest absolute Gasteiger partial charge is 0.339 e. The molecule has 0 spiro atoms. The van der Waals surface area contributed by atoms with E-state index in [1.54, 1.807) is 24.3 Å². The van der Waals surface area contributed by atoms with E-state index in [-0.39, 0.29) is 12.2 Å². The highest BCUT2D eigenvalue weighted by atomic mass is 16.5. The topological polar surface area (TPSA) is 70.3 Å². The summed E-state index contributed by atoms with van der Waals surface area (Å²) in [4.78, 5) is 11.7. The lowest BCUT2D eigenvalue weighted by Crippen LogP contribution is -2.05. The Kier molecular flexibility index (Phi) is 5.45. The number of nitrogens with zero attached hydrogens (tertiary/aromatic N) is 1. The summed E-state index contributed by atoms with van der Waals surface area (Å²) >= 11 is 0. The average molecular weight is 393 g/mol. The molecule has 0 radical (unpaired) electrons. The number of rotatable bonds is 6. The Balaban J connectivity index is 1.63. The molecule has 0 fully saturated rings. The summed E-state index contributed by atoms with van der Waals surface area (Å²) in [5.41, 5.74) is 3.49. The Hall–Kier alpha value is -4.10. The van der Waals surface area contributed by atoms with Gasteiger partial charge in [-0.2, -0.15) is 5.26 Å². The number of hydrogen-bond donors (Lipinski definition) is 1. The van der Waals surface area contributed by atoms with Crippen molar-refractivity contribution in [2.24, 2.45) is 0 Å². The van der Waals surface area contributed by atoms with Gasteiger partial charge in [0.1, 0.15) is 17.9 Å². The van der Waals surface area contributed by atoms with Crippen molar-refractivity contribution in [3.63, 3.8) is 0 Å². The van der Waals surface area contributed by atoms with Crippen LogP contribution >= 0.6 is 0 Å². The lowest BCUT2D eigenvalue weighted by Gasteiger charge is -2.13. The maximum atomic E-state index is 11.7. The van der Waals surface area contributed by atoms with Crippen molar-refractivity contribution < 1.29 is 14.6 Å². The van der Waals surface area contributed by atoms with Crippen molar-refractivity contribution in [3.8, 4) is 11.8 Å². The predicted molar refractivity (Wildman–Crippen MR) is 116 cm³/mol. The Labute approximate surface area is 174 Å². The van der Waals surface area contributed by atoms with Gasteiger partial charge in [-0.05, 0) is 52.1 Å². The highest BCUT2D eigenvalue weighted by molar-refractivity contribution is 5.91. The van der Waals surface area contributed by atoms with Gasteiger partial charge in [-0.3, -0.25) is 0 Å². The van der Waals surface area contributed by atoms with Crippen LogP contribution in [0.2, 0.25) is 0 Å². The van der Waals surface area contributed by atoms with Crippen LogP contribution < -0.4 is 4.74 Å². The lowest BCUT2D eigenvalue weighted by atomic mass is 9.99. The summed E-state index contributed by atoms with van der Waals surface area (Å²) < 4.78 is 5.98. The molecule has 0 aliphatic carbocycles. The van der Waals surface area contributed by atoms with Gasteiger partial charge in [-0.15, -0.1) is 0 Å². The van der Waals surface area contributed by atoms with Gasteiger partial charge in [0.15, 0.2) is 0 Å². The summed E-state index contributed by atoms with van der Waals surface area (Å²) in [6.07, 6.45) is 0.522. The minimum absolute atomic E-state index is 0.118. The highest BCUT2D eigenvalue weighted by Crippen LogP contribution is 2.26. The fourth-order valence-electron chi connectivity index (χ4n) is 3.55. The summed E-state index contributed by atoms with van der Waals surface area (Å²) in [5, 5.41) is 21.1. The zero-order chi connectivity index (χ0) is 20.9. The molecule has 0 unspecified atom stereocenters. The molecule has 0 aliphatic heterocycles. The summed E-state index contributed by atoms with van der Waals surface area (Å²) in [5.74, 6) is -0.714. The fourth-order valence-corrected chi connectivity index (χ4v) is 3.55. The first-order valence-electron chi connectivity index (χ1n) is 9.59. The Morgan fingerprint density at radius 2 is 1.63 bits per heavy atom. The zero-order valence-electron chi connectivity index (χ0n) is 16.2. The maximum absolute atomic E-state index is 11.7. The van der Waals surface area contributed by atoms with Gasteiger partial charge in [-0.25, -0.2) is 4.79 Å². The van der Waals surface area contributed by atoms with Gasteiger partial charge >= 0.3 is 5.97 Å². The van der Waals surface area contributed by atoms with E-state index in [1.165, 1.54) is 0 Å². The van der Waals surface area contributed by atoms with Crippen LogP contribution in [0.5, 0.6) is 5.75 Å². The van der Waals surface area contributed by atoms with Crippen LogP contribution in [0.3, 0.4) is 0 Å². The van der Waals surface area contributed by atoms with Crippen molar-refractivity contribution in [3.05, 3.63) is 113 Å². The van der Waals surface area contributed by atoms with E-state index in [0.29, 0.717) is 17.7 Å². The van der Waals surface area contributed by atoms with Crippen molar-refractivity contribution >= 4 is 16.7 Å². The van der Waals surface area contributed by atoms with E-state index in [4.69, 9.17) is 4.74 Å². The third kappa shape index (κ3) is 4.01. The second-order valence-corrected chi connectivity index (χ2v) is 7.01. The standard InChI is InChI=1S/C26H19NO3/c27-16-21-8-2-1-7-20(21)14-18-12-13-24(26(28)29)25(15-18)30-17-22-10-5-9-19-6-3-4-11-23(19)22/h1-13,15H,14,17H2,(H,28,29). The van der Waals surface area contributed by atoms with Crippen molar-refractivity contribution in [2.45, 2.75) is 13.0 Å². The first kappa shape index (κ1) is 19.2. The molecule has 4 nitrogen and oxygen atoms in total. The average Bonchev–Trinajstić information content (AvgIpc) is 2.78. The number of benzene rings is 4. The summed E-state index contributed by atoms with van der Waals surface area (Å²) in [7, 11) is 0.